The molecule has 2 N–H and O–H groups in total. The van der Waals surface area contributed by atoms with Gasteiger partial charge >= 0.3 is 29.4 Å². The second kappa shape index (κ2) is 9.02. The predicted octanol–water partition coefficient (Wildman–Crippen LogP) is 0.0729. The van der Waals surface area contributed by atoms with Gasteiger partial charge in [-0.05, 0) is 0 Å². The fraction of sp³-hybridized carbons (Fsp3) is 0.667. The average molecular weight is 165 g/mol. The summed E-state index contributed by atoms with van der Waals surface area (Å²) in [4.78, 5) is 9.22. The number of carbonyl (C=O) groups excluding carboxylic acids is 1. The van der Waals surface area contributed by atoms with Gasteiger partial charge in [0.25, 0.3) is 0 Å². The summed E-state index contributed by atoms with van der Waals surface area (Å²) in [7, 11) is 0. The Hall–Kier alpha value is 0.353. The molecule has 0 rings (SSSR count). The topological polar surface area (TPSA) is 43.1 Å². The molecule has 0 aromatic carbocycles. The van der Waals surface area contributed by atoms with Crippen LogP contribution in [0.25, 0.3) is 0 Å². The van der Waals surface area contributed by atoms with Crippen LogP contribution in [0.5, 0.6) is 0 Å². The van der Waals surface area contributed by atoms with E-state index in [-0.39, 0.29) is 5.91 Å². The van der Waals surface area contributed by atoms with Crippen LogP contribution in [0.1, 0.15) is 6.92 Å². The van der Waals surface area contributed by atoms with E-state index >= 15 is 0 Å². The molecule has 0 heterocycles. The number of rotatable bonds is 0. The van der Waals surface area contributed by atoms with E-state index in [2.05, 4.69) is 10.4 Å². The predicted molar refractivity (Wildman–Crippen MR) is 20.7 cm³/mol. The molecule has 3 heteroatoms. The summed E-state index contributed by atoms with van der Waals surface area (Å²) in [5.41, 5.74) is 4.47. The van der Waals surface area contributed by atoms with E-state index in [1.165, 1.54) is 6.92 Å². The summed E-state index contributed by atoms with van der Waals surface area (Å²) in [5, 5.41) is 0. The van der Waals surface area contributed by atoms with E-state index in [0.29, 0.717) is 0 Å². The molecule has 0 aliphatic rings. The van der Waals surface area contributed by atoms with Gasteiger partial charge in [-0.2, -0.15) is 0 Å². The summed E-state index contributed by atoms with van der Waals surface area (Å²) in [6, 6.07) is 0. The average Bonchev–Trinajstić information content (AvgIpc) is 1.41. The molecule has 2 nitrogen and oxygen atoms in total. The zero-order valence-corrected chi connectivity index (χ0v) is 6.44. The van der Waals surface area contributed by atoms with Gasteiger partial charge in [0.15, 0.2) is 0 Å². The van der Waals surface area contributed by atoms with Crippen LogP contribution in [0, 0.1) is 0 Å². The Kier molecular flexibility index (Phi) is 14.4. The fourth-order valence-electron chi connectivity index (χ4n) is 0. The van der Waals surface area contributed by atoms with Crippen molar-refractivity contribution in [3.8, 4) is 0 Å². The number of primary amides is 1. The van der Waals surface area contributed by atoms with Gasteiger partial charge in [-0.1, -0.05) is 0 Å². The molecule has 0 saturated carbocycles. The number of amides is 1. The number of hydrogen-bond acceptors (Lipinski definition) is 1. The van der Waals surface area contributed by atoms with Crippen LogP contribution in [0.4, 0.5) is 0 Å². The van der Waals surface area contributed by atoms with E-state index in [0.717, 1.165) is 0 Å². The Bertz CT molecular complexity index is 33.8. The Labute approximate surface area is 52.9 Å². The van der Waals surface area contributed by atoms with E-state index in [9.17, 15) is 4.79 Å². The summed E-state index contributed by atoms with van der Waals surface area (Å²) in [6.45, 7) is 1.31. The third kappa shape index (κ3) is 393. The summed E-state index contributed by atoms with van der Waals surface area (Å²) >= 11 is 1.55. The van der Waals surface area contributed by atoms with Crippen molar-refractivity contribution in [2.45, 2.75) is 11.6 Å². The minimum absolute atomic E-state index is 0.333. The van der Waals surface area contributed by atoms with Gasteiger partial charge in [0, 0.05) is 6.92 Å². The molecule has 0 aliphatic heterocycles. The third-order valence-electron chi connectivity index (χ3n) is 0. The van der Waals surface area contributed by atoms with Crippen LogP contribution in [0.3, 0.4) is 0 Å². The molecule has 0 bridgehead atoms. The molecular weight excluding hydrogens is 157 g/mol. The van der Waals surface area contributed by atoms with Gasteiger partial charge in [0.05, 0.1) is 0 Å². The van der Waals surface area contributed by atoms with Gasteiger partial charge in [0.1, 0.15) is 0 Å². The normalized spacial score (nSPS) is 4.83. The Morgan fingerprint density at radius 2 is 1.67 bits per heavy atom. The van der Waals surface area contributed by atoms with E-state index in [1.54, 1.807) is 24.7 Å². The van der Waals surface area contributed by atoms with Gasteiger partial charge in [-0.15, -0.1) is 0 Å². The van der Waals surface area contributed by atoms with Crippen LogP contribution < -0.4 is 5.73 Å². The molecule has 0 spiro atoms. The van der Waals surface area contributed by atoms with Crippen molar-refractivity contribution >= 4 is 5.91 Å². The van der Waals surface area contributed by atoms with Crippen molar-refractivity contribution in [3.63, 3.8) is 0 Å². The molecule has 6 heavy (non-hydrogen) atoms. The van der Waals surface area contributed by atoms with Crippen LogP contribution in [-0.4, -0.2) is 5.91 Å². The van der Waals surface area contributed by atoms with Gasteiger partial charge in [0.2, 0.25) is 5.91 Å². The second-order valence-corrected chi connectivity index (χ2v) is 0.611. The molecular formula is C3H8NOZr. The van der Waals surface area contributed by atoms with Crippen molar-refractivity contribution in [3.05, 3.63) is 0 Å². The summed E-state index contributed by atoms with van der Waals surface area (Å²) in [6.07, 6.45) is 0. The quantitative estimate of drug-likeness (QED) is 0.542. The number of hydrogen-bond donors (Lipinski definition) is 1. The fourth-order valence-corrected chi connectivity index (χ4v) is 0. The van der Waals surface area contributed by atoms with Crippen LogP contribution in [0.15, 0.2) is 0 Å². The monoisotopic (exact) mass is 164 g/mol. The first-order chi connectivity index (χ1) is 2.73. The maximum atomic E-state index is 9.22. The number of carbonyl (C=O) groups is 1. The van der Waals surface area contributed by atoms with Crippen molar-refractivity contribution < 1.29 is 29.5 Å². The second-order valence-electron chi connectivity index (χ2n) is 0.611. The van der Waals surface area contributed by atoms with Crippen molar-refractivity contribution in [2.75, 3.05) is 0 Å². The van der Waals surface area contributed by atoms with E-state index in [4.69, 9.17) is 0 Å². The van der Waals surface area contributed by atoms with Crippen molar-refractivity contribution in [1.29, 1.82) is 0 Å². The third-order valence-corrected chi connectivity index (χ3v) is 0. The molecule has 0 aromatic rings. The van der Waals surface area contributed by atoms with E-state index < -0.39 is 0 Å². The molecule has 0 unspecified atom stereocenters. The minimum atomic E-state index is -0.333. The van der Waals surface area contributed by atoms with Gasteiger partial charge in [-0.3, -0.25) is 4.79 Å². The summed E-state index contributed by atoms with van der Waals surface area (Å²) in [5.74, 6) is -0.333. The molecule has 35 valence electrons. The first-order valence-corrected chi connectivity index (χ1v) is 3.95. The zero-order valence-electron chi connectivity index (χ0n) is 3.99. The molecule has 0 fully saturated rings. The first kappa shape index (κ1) is 9.61. The van der Waals surface area contributed by atoms with Gasteiger partial charge < -0.3 is 5.73 Å². The van der Waals surface area contributed by atoms with E-state index in [1.807, 2.05) is 0 Å². The Balaban J connectivity index is 0. The first-order valence-electron chi connectivity index (χ1n) is 1.49. The molecule has 0 saturated heterocycles. The molecule has 0 radical (unpaired) electrons. The molecule has 0 aromatic heterocycles. The maximum absolute atomic E-state index is 9.22. The van der Waals surface area contributed by atoms with Crippen LogP contribution in [-0.2, 0) is 29.5 Å². The zero-order chi connectivity index (χ0) is 5.58. The Morgan fingerprint density at radius 3 is 1.67 bits per heavy atom. The Morgan fingerprint density at radius 1 is 1.67 bits per heavy atom. The SMILES string of the molecule is CC(N)=O.[CH3][Zr]. The standard InChI is InChI=1S/C2H5NO.CH3.Zr/c1-2(3)4;;/h1H3,(H2,3,4);1H3;. The van der Waals surface area contributed by atoms with Gasteiger partial charge in [-0.25, -0.2) is 0 Å². The number of nitrogens with two attached hydrogens (primary N) is 1. The molecule has 1 amide bonds. The molecule has 0 aliphatic carbocycles. The van der Waals surface area contributed by atoms with Crippen LogP contribution >= 0.6 is 0 Å². The van der Waals surface area contributed by atoms with Crippen molar-refractivity contribution in [1.82, 2.24) is 0 Å². The van der Waals surface area contributed by atoms with Crippen molar-refractivity contribution in [2.24, 2.45) is 5.73 Å². The van der Waals surface area contributed by atoms with Crippen LogP contribution in [0.2, 0.25) is 4.63 Å². The molecule has 0 atom stereocenters. The summed E-state index contributed by atoms with van der Waals surface area (Å²) < 4.78 is 2.09.